The van der Waals surface area contributed by atoms with Crippen molar-refractivity contribution in [3.8, 4) is 5.75 Å². The molecule has 0 saturated carbocycles. The Morgan fingerprint density at radius 3 is 2.46 bits per heavy atom. The third-order valence-corrected chi connectivity index (χ3v) is 4.63. The lowest BCUT2D eigenvalue weighted by atomic mass is 10.0. The van der Waals surface area contributed by atoms with Crippen LogP contribution in [0.2, 0.25) is 0 Å². The minimum atomic E-state index is -0.229. The van der Waals surface area contributed by atoms with E-state index in [0.717, 1.165) is 37.2 Å². The minimum absolute atomic E-state index is 0.0706. The van der Waals surface area contributed by atoms with Crippen LogP contribution in [0.15, 0.2) is 60.7 Å². The van der Waals surface area contributed by atoms with Crippen molar-refractivity contribution >= 4 is 10.8 Å². The molecule has 0 aliphatic heterocycles. The number of fused-ring (bicyclic) bond motifs is 1. The molecule has 3 rings (SSSR count). The molecule has 0 saturated heterocycles. The second-order valence-electron chi connectivity index (χ2n) is 6.49. The van der Waals surface area contributed by atoms with Gasteiger partial charge >= 0.3 is 0 Å². The van der Waals surface area contributed by atoms with E-state index in [-0.39, 0.29) is 11.9 Å². The van der Waals surface area contributed by atoms with Gasteiger partial charge in [0.05, 0.1) is 7.11 Å². The fraction of sp³-hybridized carbons (Fsp3) is 0.273. The summed E-state index contributed by atoms with van der Waals surface area (Å²) in [6.45, 7) is 1.74. The molecule has 0 bridgehead atoms. The predicted molar refractivity (Wildman–Crippen MR) is 105 cm³/mol. The van der Waals surface area contributed by atoms with E-state index < -0.39 is 0 Å². The summed E-state index contributed by atoms with van der Waals surface area (Å²) in [4.78, 5) is 0. The monoisotopic (exact) mass is 352 g/mol. The SMILES string of the molecule is COc1ccc2cc(CCNCCC(N)c3ccc(F)cc3)ccc2c1. The summed E-state index contributed by atoms with van der Waals surface area (Å²) < 4.78 is 18.2. The van der Waals surface area contributed by atoms with E-state index in [2.05, 4.69) is 29.6 Å². The molecular weight excluding hydrogens is 327 g/mol. The highest BCUT2D eigenvalue weighted by Gasteiger charge is 2.05. The molecule has 4 heteroatoms. The Hall–Kier alpha value is -2.43. The van der Waals surface area contributed by atoms with Crippen LogP contribution in [-0.2, 0) is 6.42 Å². The maximum absolute atomic E-state index is 12.9. The first-order valence-corrected chi connectivity index (χ1v) is 8.94. The van der Waals surface area contributed by atoms with Gasteiger partial charge in [-0.05, 0) is 72.1 Å². The smallest absolute Gasteiger partial charge is 0.123 e. The van der Waals surface area contributed by atoms with Gasteiger partial charge in [-0.3, -0.25) is 0 Å². The van der Waals surface area contributed by atoms with Crippen LogP contribution >= 0.6 is 0 Å². The van der Waals surface area contributed by atoms with Gasteiger partial charge in [-0.25, -0.2) is 4.39 Å². The van der Waals surface area contributed by atoms with E-state index in [1.807, 2.05) is 12.1 Å². The highest BCUT2D eigenvalue weighted by Crippen LogP contribution is 2.22. The van der Waals surface area contributed by atoms with Crippen LogP contribution < -0.4 is 15.8 Å². The molecule has 3 aromatic carbocycles. The summed E-state index contributed by atoms with van der Waals surface area (Å²) in [5.41, 5.74) is 8.43. The number of hydrogen-bond acceptors (Lipinski definition) is 3. The molecule has 1 unspecified atom stereocenters. The molecular formula is C22H25FN2O. The zero-order valence-electron chi connectivity index (χ0n) is 15.0. The van der Waals surface area contributed by atoms with E-state index in [1.54, 1.807) is 19.2 Å². The number of ether oxygens (including phenoxy) is 1. The van der Waals surface area contributed by atoms with Crippen LogP contribution in [0, 0.1) is 5.82 Å². The van der Waals surface area contributed by atoms with Gasteiger partial charge in [0, 0.05) is 6.04 Å². The van der Waals surface area contributed by atoms with Crippen LogP contribution in [0.25, 0.3) is 10.8 Å². The van der Waals surface area contributed by atoms with E-state index in [1.165, 1.54) is 28.5 Å². The number of rotatable bonds is 8. The lowest BCUT2D eigenvalue weighted by Crippen LogP contribution is -2.23. The van der Waals surface area contributed by atoms with Crippen LogP contribution in [0.5, 0.6) is 5.75 Å². The van der Waals surface area contributed by atoms with Crippen LogP contribution in [0.1, 0.15) is 23.6 Å². The van der Waals surface area contributed by atoms with Gasteiger partial charge in [0.2, 0.25) is 0 Å². The molecule has 3 N–H and O–H groups in total. The Kier molecular flexibility index (Phi) is 6.21. The molecule has 3 nitrogen and oxygen atoms in total. The first-order valence-electron chi connectivity index (χ1n) is 8.94. The van der Waals surface area contributed by atoms with Crippen molar-refractivity contribution in [2.45, 2.75) is 18.9 Å². The highest BCUT2D eigenvalue weighted by atomic mass is 19.1. The number of nitrogens with two attached hydrogens (primary N) is 1. The average molecular weight is 352 g/mol. The van der Waals surface area contributed by atoms with Crippen molar-refractivity contribution in [2.75, 3.05) is 20.2 Å². The molecule has 0 radical (unpaired) electrons. The molecule has 0 spiro atoms. The van der Waals surface area contributed by atoms with E-state index >= 15 is 0 Å². The lowest BCUT2D eigenvalue weighted by Gasteiger charge is -2.13. The van der Waals surface area contributed by atoms with Gasteiger partial charge in [0.25, 0.3) is 0 Å². The summed E-state index contributed by atoms with van der Waals surface area (Å²) in [5.74, 6) is 0.650. The zero-order valence-corrected chi connectivity index (χ0v) is 15.0. The lowest BCUT2D eigenvalue weighted by molar-refractivity contribution is 0.415. The number of halogens is 1. The van der Waals surface area contributed by atoms with Gasteiger partial charge < -0.3 is 15.8 Å². The molecule has 1 atom stereocenters. The van der Waals surface area contributed by atoms with Crippen molar-refractivity contribution in [2.24, 2.45) is 5.73 Å². The third-order valence-electron chi connectivity index (χ3n) is 4.63. The standard InChI is InChI=1S/C22H25FN2O/c1-26-21-9-6-18-14-16(2-3-19(18)15-21)10-12-25-13-11-22(24)17-4-7-20(23)8-5-17/h2-9,14-15,22,25H,10-13,24H2,1H3. The quantitative estimate of drug-likeness (QED) is 0.597. The van der Waals surface area contributed by atoms with E-state index in [4.69, 9.17) is 10.5 Å². The Morgan fingerprint density at radius 1 is 0.962 bits per heavy atom. The van der Waals surface area contributed by atoms with Gasteiger partial charge in [0.1, 0.15) is 11.6 Å². The maximum atomic E-state index is 12.9. The normalized spacial score (nSPS) is 12.3. The minimum Gasteiger partial charge on any atom is -0.497 e. The topological polar surface area (TPSA) is 47.3 Å². The van der Waals surface area contributed by atoms with Gasteiger partial charge in [0.15, 0.2) is 0 Å². The Labute approximate surface area is 154 Å². The molecule has 26 heavy (non-hydrogen) atoms. The molecule has 0 heterocycles. The van der Waals surface area contributed by atoms with Crippen molar-refractivity contribution in [3.05, 3.63) is 77.6 Å². The van der Waals surface area contributed by atoms with Crippen molar-refractivity contribution in [3.63, 3.8) is 0 Å². The fourth-order valence-electron chi connectivity index (χ4n) is 3.05. The number of hydrogen-bond donors (Lipinski definition) is 2. The second kappa shape index (κ2) is 8.79. The summed E-state index contributed by atoms with van der Waals surface area (Å²) in [6, 6.07) is 19.0. The van der Waals surface area contributed by atoms with E-state index in [0.29, 0.717) is 0 Å². The van der Waals surface area contributed by atoms with E-state index in [9.17, 15) is 4.39 Å². The molecule has 0 aliphatic carbocycles. The third kappa shape index (κ3) is 4.81. The first-order chi connectivity index (χ1) is 12.7. The highest BCUT2D eigenvalue weighted by molar-refractivity contribution is 5.84. The van der Waals surface area contributed by atoms with Crippen LogP contribution in [0.3, 0.4) is 0 Å². The largest absolute Gasteiger partial charge is 0.497 e. The molecule has 0 aromatic heterocycles. The molecule has 0 amide bonds. The van der Waals surface area contributed by atoms with Crippen molar-refractivity contribution < 1.29 is 9.13 Å². The molecule has 3 aromatic rings. The summed E-state index contributed by atoms with van der Waals surface area (Å²) in [6.07, 6.45) is 1.79. The number of methoxy groups -OCH3 is 1. The number of nitrogens with one attached hydrogen (secondary N) is 1. The van der Waals surface area contributed by atoms with Crippen LogP contribution in [0.4, 0.5) is 4.39 Å². The Morgan fingerprint density at radius 2 is 1.69 bits per heavy atom. The summed E-state index contributed by atoms with van der Waals surface area (Å²) >= 11 is 0. The molecule has 136 valence electrons. The van der Waals surface area contributed by atoms with Crippen LogP contribution in [-0.4, -0.2) is 20.2 Å². The Bertz CT molecular complexity index is 848. The maximum Gasteiger partial charge on any atom is 0.123 e. The molecule has 0 fully saturated rings. The zero-order chi connectivity index (χ0) is 18.4. The second-order valence-corrected chi connectivity index (χ2v) is 6.49. The average Bonchev–Trinajstić information content (AvgIpc) is 2.67. The summed E-state index contributed by atoms with van der Waals surface area (Å²) in [5, 5.41) is 5.85. The van der Waals surface area contributed by atoms with Gasteiger partial charge in [-0.2, -0.15) is 0 Å². The fourth-order valence-corrected chi connectivity index (χ4v) is 3.05. The van der Waals surface area contributed by atoms with Crippen molar-refractivity contribution in [1.29, 1.82) is 0 Å². The van der Waals surface area contributed by atoms with Crippen molar-refractivity contribution in [1.82, 2.24) is 5.32 Å². The van der Waals surface area contributed by atoms with Gasteiger partial charge in [-0.15, -0.1) is 0 Å². The number of benzene rings is 3. The summed E-state index contributed by atoms with van der Waals surface area (Å²) in [7, 11) is 1.68. The molecule has 0 aliphatic rings. The first kappa shape index (κ1) is 18.4. The Balaban J connectivity index is 1.44. The predicted octanol–water partition coefficient (Wildman–Crippen LogP) is 4.21. The van der Waals surface area contributed by atoms with Gasteiger partial charge in [-0.1, -0.05) is 36.4 Å².